The van der Waals surface area contributed by atoms with Gasteiger partial charge in [-0.3, -0.25) is 9.91 Å². The van der Waals surface area contributed by atoms with Gasteiger partial charge in [-0.2, -0.15) is 0 Å². The van der Waals surface area contributed by atoms with E-state index in [2.05, 4.69) is 69.9 Å². The molecular formula is C27H39N6O2+. The molecule has 4 aliphatic heterocycles. The van der Waals surface area contributed by atoms with Crippen LogP contribution in [0.2, 0.25) is 0 Å². The second-order valence-electron chi connectivity index (χ2n) is 10.3. The van der Waals surface area contributed by atoms with Crippen LogP contribution in [0.4, 0.5) is 5.69 Å². The van der Waals surface area contributed by atoms with E-state index >= 15 is 0 Å². The van der Waals surface area contributed by atoms with Crippen molar-refractivity contribution in [3.8, 4) is 5.75 Å². The topological polar surface area (TPSA) is 63.1 Å². The van der Waals surface area contributed by atoms with E-state index in [-0.39, 0.29) is 6.17 Å². The van der Waals surface area contributed by atoms with Gasteiger partial charge in [0.25, 0.3) is 0 Å². The maximum absolute atomic E-state index is 12.5. The van der Waals surface area contributed by atoms with Gasteiger partial charge in [0.15, 0.2) is 6.54 Å². The summed E-state index contributed by atoms with van der Waals surface area (Å²) in [7, 11) is 1.74. The van der Waals surface area contributed by atoms with Crippen LogP contribution in [0.1, 0.15) is 13.8 Å². The first kappa shape index (κ1) is 23.9. The van der Waals surface area contributed by atoms with Crippen LogP contribution in [0.15, 0.2) is 60.0 Å². The number of dihydropyridines is 1. The summed E-state index contributed by atoms with van der Waals surface area (Å²) in [6.07, 6.45) is 8.65. The van der Waals surface area contributed by atoms with E-state index in [0.29, 0.717) is 30.8 Å². The number of hydrazine groups is 1. The molecule has 2 saturated heterocycles. The Kier molecular flexibility index (Phi) is 7.11. The Morgan fingerprint density at radius 1 is 1.20 bits per heavy atom. The SMILES string of the molecule is COc1ccccc1N1CCN(CCNN2C=C3C[N+](=O)CC(C(C)C)C3C3=CC=CNC32)CC1. The minimum absolute atomic E-state index is 0.0931. The lowest BCUT2D eigenvalue weighted by molar-refractivity contribution is -0.559. The summed E-state index contributed by atoms with van der Waals surface area (Å²) in [6, 6.07) is 8.26. The van der Waals surface area contributed by atoms with Gasteiger partial charge in [0.05, 0.1) is 12.8 Å². The van der Waals surface area contributed by atoms with Crippen molar-refractivity contribution in [2.24, 2.45) is 17.8 Å². The highest BCUT2D eigenvalue weighted by Gasteiger charge is 2.46. The maximum Gasteiger partial charge on any atom is 0.215 e. The Balaban J connectivity index is 1.19. The van der Waals surface area contributed by atoms with Gasteiger partial charge in [0, 0.05) is 72.5 Å². The first-order valence-electron chi connectivity index (χ1n) is 12.9. The Morgan fingerprint density at radius 3 is 2.77 bits per heavy atom. The second-order valence-corrected chi connectivity index (χ2v) is 10.3. The fourth-order valence-electron chi connectivity index (χ4n) is 6.00. The highest BCUT2D eigenvalue weighted by molar-refractivity contribution is 5.58. The molecule has 3 atom stereocenters. The molecule has 0 aliphatic carbocycles. The average Bonchev–Trinajstić information content (AvgIpc) is 2.88. The smallest absolute Gasteiger partial charge is 0.215 e. The van der Waals surface area contributed by atoms with E-state index in [1.807, 2.05) is 18.3 Å². The molecule has 8 heteroatoms. The number of benzene rings is 1. The van der Waals surface area contributed by atoms with Crippen molar-refractivity contribution in [2.45, 2.75) is 20.0 Å². The molecule has 8 nitrogen and oxygen atoms in total. The molecule has 0 radical (unpaired) electrons. The number of nitrogens with one attached hydrogen (secondary N) is 2. The van der Waals surface area contributed by atoms with E-state index in [1.54, 1.807) is 7.11 Å². The molecule has 0 bridgehead atoms. The average molecular weight is 480 g/mol. The summed E-state index contributed by atoms with van der Waals surface area (Å²) < 4.78 is 6.79. The minimum atomic E-state index is 0.0931. The van der Waals surface area contributed by atoms with Crippen LogP contribution in [0.5, 0.6) is 5.75 Å². The number of piperazine rings is 1. The fraction of sp³-hybridized carbons (Fsp3) is 0.556. The Hall–Kier alpha value is -2.84. The third-order valence-electron chi connectivity index (χ3n) is 7.87. The lowest BCUT2D eigenvalue weighted by Crippen LogP contribution is -2.58. The Labute approximate surface area is 208 Å². The molecule has 2 fully saturated rings. The summed E-state index contributed by atoms with van der Waals surface area (Å²) >= 11 is 0. The van der Waals surface area contributed by atoms with Crippen molar-refractivity contribution >= 4 is 5.69 Å². The monoisotopic (exact) mass is 479 g/mol. The molecule has 1 aromatic carbocycles. The Bertz CT molecular complexity index is 1010. The number of piperidine rings is 1. The summed E-state index contributed by atoms with van der Waals surface area (Å²) in [4.78, 5) is 17.4. The van der Waals surface area contributed by atoms with Gasteiger partial charge in [-0.25, -0.2) is 5.43 Å². The molecule has 0 saturated carbocycles. The predicted octanol–water partition coefficient (Wildman–Crippen LogP) is 2.57. The van der Waals surface area contributed by atoms with Crippen LogP contribution >= 0.6 is 0 Å². The van der Waals surface area contributed by atoms with Gasteiger partial charge in [-0.1, -0.05) is 32.1 Å². The van der Waals surface area contributed by atoms with E-state index < -0.39 is 0 Å². The number of hydrogen-bond donors (Lipinski definition) is 2. The van der Waals surface area contributed by atoms with Gasteiger partial charge in [-0.15, -0.1) is 0 Å². The van der Waals surface area contributed by atoms with Crippen LogP contribution in [0, 0.1) is 22.7 Å². The molecule has 1 aromatic rings. The number of fused-ring (bicyclic) bond motifs is 3. The van der Waals surface area contributed by atoms with E-state index in [9.17, 15) is 4.91 Å². The molecule has 2 N–H and O–H groups in total. The first-order chi connectivity index (χ1) is 17.0. The quantitative estimate of drug-likeness (QED) is 0.583. The molecule has 3 unspecified atom stereocenters. The third kappa shape index (κ3) is 4.95. The van der Waals surface area contributed by atoms with Crippen molar-refractivity contribution in [1.82, 2.24) is 20.7 Å². The fourth-order valence-corrected chi connectivity index (χ4v) is 6.00. The number of ether oxygens (including phenoxy) is 1. The van der Waals surface area contributed by atoms with E-state index in [1.165, 1.54) is 21.6 Å². The normalized spacial score (nSPS) is 26.6. The van der Waals surface area contributed by atoms with Gasteiger partial charge in [0.2, 0.25) is 6.54 Å². The number of nitrogens with zero attached hydrogens (tertiary/aromatic N) is 4. The zero-order valence-electron chi connectivity index (χ0n) is 21.2. The summed E-state index contributed by atoms with van der Waals surface area (Å²) in [6.45, 7) is 11.5. The Morgan fingerprint density at radius 2 is 2.00 bits per heavy atom. The van der Waals surface area contributed by atoms with Crippen LogP contribution in [-0.4, -0.2) is 80.3 Å². The standard InChI is InChI=1S/C27H39N6O2/c1-20(2)23-19-32(34)17-21-18-33(27-22(26(21)23)7-6-10-28-27)29-11-12-30-13-15-31(16-14-30)24-8-4-5-9-25(24)35-3/h4-10,18,20,23,26-29H,11-17,19H2,1-3H3/q+1. The van der Waals surface area contributed by atoms with Crippen LogP contribution in [0.3, 0.4) is 0 Å². The second kappa shape index (κ2) is 10.4. The molecule has 0 amide bonds. The number of nitroso groups, excluding NO2 is 1. The molecule has 188 valence electrons. The maximum atomic E-state index is 12.5. The molecule has 35 heavy (non-hydrogen) atoms. The number of para-hydroxylation sites is 2. The largest absolute Gasteiger partial charge is 0.495 e. The van der Waals surface area contributed by atoms with Gasteiger partial charge >= 0.3 is 0 Å². The van der Waals surface area contributed by atoms with Crippen molar-refractivity contribution in [2.75, 3.05) is 64.4 Å². The first-order valence-corrected chi connectivity index (χ1v) is 12.9. The van der Waals surface area contributed by atoms with Crippen LogP contribution in [0.25, 0.3) is 0 Å². The molecule has 4 aliphatic rings. The van der Waals surface area contributed by atoms with Crippen molar-refractivity contribution < 1.29 is 9.50 Å². The van der Waals surface area contributed by atoms with Crippen LogP contribution in [-0.2, 0) is 0 Å². The predicted molar refractivity (Wildman–Crippen MR) is 139 cm³/mol. The summed E-state index contributed by atoms with van der Waals surface area (Å²) in [5.41, 5.74) is 7.42. The minimum Gasteiger partial charge on any atom is -0.495 e. The highest BCUT2D eigenvalue weighted by atomic mass is 16.5. The van der Waals surface area contributed by atoms with Gasteiger partial charge in [-0.05, 0) is 35.9 Å². The number of allylic oxidation sites excluding steroid dienone is 2. The van der Waals surface area contributed by atoms with Crippen molar-refractivity contribution in [1.29, 1.82) is 0 Å². The van der Waals surface area contributed by atoms with Gasteiger partial charge < -0.3 is 15.0 Å². The molecule has 0 spiro atoms. The lowest BCUT2D eigenvalue weighted by atomic mass is 9.70. The third-order valence-corrected chi connectivity index (χ3v) is 7.87. The van der Waals surface area contributed by atoms with Crippen molar-refractivity contribution in [3.63, 3.8) is 0 Å². The number of rotatable bonds is 7. The van der Waals surface area contributed by atoms with Crippen molar-refractivity contribution in [3.05, 3.63) is 64.9 Å². The zero-order valence-corrected chi connectivity index (χ0v) is 21.2. The number of hydrogen-bond acceptors (Lipinski definition) is 7. The van der Waals surface area contributed by atoms with Crippen LogP contribution < -0.4 is 20.4 Å². The number of anilines is 1. The molecule has 0 aromatic heterocycles. The number of methoxy groups -OCH3 is 1. The highest BCUT2D eigenvalue weighted by Crippen LogP contribution is 2.42. The lowest BCUT2D eigenvalue weighted by Gasteiger charge is -2.46. The zero-order chi connectivity index (χ0) is 24.4. The summed E-state index contributed by atoms with van der Waals surface area (Å²) in [5, 5.41) is 5.73. The summed E-state index contributed by atoms with van der Waals surface area (Å²) in [5.74, 6) is 2.08. The van der Waals surface area contributed by atoms with E-state index in [4.69, 9.17) is 4.74 Å². The molecule has 5 rings (SSSR count). The molecular weight excluding hydrogens is 440 g/mol. The van der Waals surface area contributed by atoms with Gasteiger partial charge in [0.1, 0.15) is 11.9 Å². The molecule has 4 heterocycles. The van der Waals surface area contributed by atoms with E-state index in [0.717, 1.165) is 45.0 Å².